The van der Waals surface area contributed by atoms with E-state index in [0.29, 0.717) is 6.04 Å². The van der Waals surface area contributed by atoms with Gasteiger partial charge in [0.1, 0.15) is 6.10 Å². The molecule has 0 aromatic heterocycles. The molecule has 0 aliphatic heterocycles. The molecule has 1 atom stereocenters. The summed E-state index contributed by atoms with van der Waals surface area (Å²) in [4.78, 5) is 0. The van der Waals surface area contributed by atoms with E-state index in [1.165, 1.54) is 0 Å². The Morgan fingerprint density at radius 2 is 2.06 bits per heavy atom. The van der Waals surface area contributed by atoms with Gasteiger partial charge in [0.15, 0.2) is 11.5 Å². The number of para-hydroxylation sites is 1. The van der Waals surface area contributed by atoms with Crippen LogP contribution in [0.2, 0.25) is 0 Å². The van der Waals surface area contributed by atoms with Crippen molar-refractivity contribution in [3.05, 3.63) is 36.4 Å². The SMILES string of the molecule is C=CC(C)Oc1c(CNC(C)C)cccc1OC. The summed E-state index contributed by atoms with van der Waals surface area (Å²) in [6.45, 7) is 10.7. The molecule has 18 heavy (non-hydrogen) atoms. The fraction of sp³-hybridized carbons (Fsp3) is 0.467. The maximum Gasteiger partial charge on any atom is 0.166 e. The first-order valence-electron chi connectivity index (χ1n) is 6.27. The van der Waals surface area contributed by atoms with Gasteiger partial charge in [0.05, 0.1) is 7.11 Å². The first kappa shape index (κ1) is 14.6. The number of benzene rings is 1. The van der Waals surface area contributed by atoms with Gasteiger partial charge in [0.25, 0.3) is 0 Å². The average molecular weight is 249 g/mol. The third-order valence-electron chi connectivity index (χ3n) is 2.62. The first-order chi connectivity index (χ1) is 8.58. The molecule has 1 unspecified atom stereocenters. The zero-order chi connectivity index (χ0) is 13.5. The number of ether oxygens (including phenoxy) is 2. The molecular formula is C15H23NO2. The Hall–Kier alpha value is -1.48. The Balaban J connectivity index is 2.96. The predicted molar refractivity (Wildman–Crippen MR) is 75.3 cm³/mol. The molecule has 0 aliphatic carbocycles. The lowest BCUT2D eigenvalue weighted by molar-refractivity contribution is 0.251. The van der Waals surface area contributed by atoms with Crippen LogP contribution in [0.4, 0.5) is 0 Å². The van der Waals surface area contributed by atoms with E-state index in [9.17, 15) is 0 Å². The van der Waals surface area contributed by atoms with E-state index >= 15 is 0 Å². The minimum atomic E-state index is -0.0425. The van der Waals surface area contributed by atoms with Crippen LogP contribution in [-0.4, -0.2) is 19.3 Å². The zero-order valence-corrected chi connectivity index (χ0v) is 11.7. The monoisotopic (exact) mass is 249 g/mol. The summed E-state index contributed by atoms with van der Waals surface area (Å²) in [5.74, 6) is 1.55. The van der Waals surface area contributed by atoms with Crippen molar-refractivity contribution in [2.75, 3.05) is 7.11 Å². The van der Waals surface area contributed by atoms with Gasteiger partial charge < -0.3 is 14.8 Å². The van der Waals surface area contributed by atoms with Gasteiger partial charge in [-0.2, -0.15) is 0 Å². The number of methoxy groups -OCH3 is 1. The summed E-state index contributed by atoms with van der Waals surface area (Å²) in [5.41, 5.74) is 1.09. The molecule has 0 aliphatic rings. The number of rotatable bonds is 7. The molecule has 0 amide bonds. The Morgan fingerprint density at radius 1 is 1.33 bits per heavy atom. The smallest absolute Gasteiger partial charge is 0.166 e. The van der Waals surface area contributed by atoms with Crippen LogP contribution in [0.15, 0.2) is 30.9 Å². The summed E-state index contributed by atoms with van der Waals surface area (Å²) in [6, 6.07) is 6.36. The maximum absolute atomic E-state index is 5.87. The highest BCUT2D eigenvalue weighted by Crippen LogP contribution is 2.32. The molecule has 0 saturated heterocycles. The number of hydrogen-bond donors (Lipinski definition) is 1. The number of nitrogens with one attached hydrogen (secondary N) is 1. The van der Waals surface area contributed by atoms with Crippen molar-refractivity contribution in [2.45, 2.75) is 39.5 Å². The molecule has 0 heterocycles. The molecule has 3 nitrogen and oxygen atoms in total. The van der Waals surface area contributed by atoms with E-state index in [-0.39, 0.29) is 6.10 Å². The lowest BCUT2D eigenvalue weighted by Crippen LogP contribution is -2.22. The predicted octanol–water partition coefficient (Wildman–Crippen LogP) is 3.15. The molecule has 3 heteroatoms. The molecular weight excluding hydrogens is 226 g/mol. The molecule has 1 rings (SSSR count). The maximum atomic E-state index is 5.87. The summed E-state index contributed by atoms with van der Waals surface area (Å²) >= 11 is 0. The summed E-state index contributed by atoms with van der Waals surface area (Å²) in [6.07, 6.45) is 1.73. The highest BCUT2D eigenvalue weighted by Gasteiger charge is 2.12. The van der Waals surface area contributed by atoms with Gasteiger partial charge in [-0.15, -0.1) is 0 Å². The molecule has 100 valence electrons. The number of hydrogen-bond acceptors (Lipinski definition) is 3. The molecule has 0 fully saturated rings. The molecule has 1 aromatic carbocycles. The fourth-order valence-electron chi connectivity index (χ4n) is 1.54. The molecule has 0 saturated carbocycles. The van der Waals surface area contributed by atoms with Gasteiger partial charge in [-0.05, 0) is 13.0 Å². The van der Waals surface area contributed by atoms with Gasteiger partial charge in [0.2, 0.25) is 0 Å². The summed E-state index contributed by atoms with van der Waals surface area (Å²) in [7, 11) is 1.65. The standard InChI is InChI=1S/C15H23NO2/c1-6-12(4)18-15-13(10-16-11(2)3)8-7-9-14(15)17-5/h6-9,11-12,16H,1,10H2,2-5H3. The summed E-state index contributed by atoms with van der Waals surface area (Å²) in [5, 5.41) is 3.38. The van der Waals surface area contributed by atoms with Crippen LogP contribution in [0.5, 0.6) is 11.5 Å². The molecule has 0 radical (unpaired) electrons. The van der Waals surface area contributed by atoms with Crippen molar-refractivity contribution in [3.8, 4) is 11.5 Å². The second-order valence-electron chi connectivity index (χ2n) is 4.54. The quantitative estimate of drug-likeness (QED) is 0.753. The molecule has 1 aromatic rings. The van der Waals surface area contributed by atoms with Crippen molar-refractivity contribution in [2.24, 2.45) is 0 Å². The van der Waals surface area contributed by atoms with Crippen LogP contribution >= 0.6 is 0 Å². The van der Waals surface area contributed by atoms with Crippen molar-refractivity contribution in [3.63, 3.8) is 0 Å². The van der Waals surface area contributed by atoms with Crippen LogP contribution in [0.1, 0.15) is 26.3 Å². The highest BCUT2D eigenvalue weighted by molar-refractivity contribution is 5.46. The van der Waals surface area contributed by atoms with Gasteiger partial charge in [-0.25, -0.2) is 0 Å². The fourth-order valence-corrected chi connectivity index (χ4v) is 1.54. The van der Waals surface area contributed by atoms with Crippen molar-refractivity contribution >= 4 is 0 Å². The van der Waals surface area contributed by atoms with Crippen LogP contribution in [0, 0.1) is 0 Å². The van der Waals surface area contributed by atoms with Crippen molar-refractivity contribution in [1.29, 1.82) is 0 Å². The lowest BCUT2D eigenvalue weighted by Gasteiger charge is -2.18. The Labute approximate surface area is 110 Å². The lowest BCUT2D eigenvalue weighted by atomic mass is 10.1. The third-order valence-corrected chi connectivity index (χ3v) is 2.62. The van der Waals surface area contributed by atoms with Crippen LogP contribution < -0.4 is 14.8 Å². The van der Waals surface area contributed by atoms with Crippen LogP contribution in [-0.2, 0) is 6.54 Å². The Bertz CT molecular complexity index is 388. The van der Waals surface area contributed by atoms with E-state index in [1.54, 1.807) is 13.2 Å². The minimum Gasteiger partial charge on any atom is -0.493 e. The minimum absolute atomic E-state index is 0.0425. The molecule has 0 bridgehead atoms. The topological polar surface area (TPSA) is 30.5 Å². The van der Waals surface area contributed by atoms with E-state index < -0.39 is 0 Å². The Kier molecular flexibility index (Phi) is 5.72. The van der Waals surface area contributed by atoms with Crippen molar-refractivity contribution in [1.82, 2.24) is 5.32 Å². The van der Waals surface area contributed by atoms with Gasteiger partial charge in [-0.1, -0.05) is 38.6 Å². The van der Waals surface area contributed by atoms with Crippen LogP contribution in [0.25, 0.3) is 0 Å². The highest BCUT2D eigenvalue weighted by atomic mass is 16.5. The normalized spacial score (nSPS) is 12.3. The van der Waals surface area contributed by atoms with E-state index in [4.69, 9.17) is 9.47 Å². The van der Waals surface area contributed by atoms with E-state index in [1.807, 2.05) is 25.1 Å². The first-order valence-corrected chi connectivity index (χ1v) is 6.27. The van der Waals surface area contributed by atoms with E-state index in [0.717, 1.165) is 23.6 Å². The zero-order valence-electron chi connectivity index (χ0n) is 11.7. The van der Waals surface area contributed by atoms with Gasteiger partial charge in [0, 0.05) is 18.2 Å². The second-order valence-corrected chi connectivity index (χ2v) is 4.54. The van der Waals surface area contributed by atoms with Crippen LogP contribution in [0.3, 0.4) is 0 Å². The third kappa shape index (κ3) is 4.08. The van der Waals surface area contributed by atoms with Gasteiger partial charge in [-0.3, -0.25) is 0 Å². The van der Waals surface area contributed by atoms with Gasteiger partial charge >= 0.3 is 0 Å². The summed E-state index contributed by atoms with van der Waals surface area (Å²) < 4.78 is 11.2. The molecule has 1 N–H and O–H groups in total. The second kappa shape index (κ2) is 7.07. The average Bonchev–Trinajstić information content (AvgIpc) is 2.36. The molecule has 0 spiro atoms. The van der Waals surface area contributed by atoms with E-state index in [2.05, 4.69) is 25.7 Å². The largest absolute Gasteiger partial charge is 0.493 e. The Morgan fingerprint density at radius 3 is 2.61 bits per heavy atom. The van der Waals surface area contributed by atoms with Crippen molar-refractivity contribution < 1.29 is 9.47 Å².